The molecule has 0 unspecified atom stereocenters. The minimum Gasteiger partial charge on any atom is -0.445 e. The average molecular weight is 576 g/mol. The molecule has 2 amide bonds. The summed E-state index contributed by atoms with van der Waals surface area (Å²) in [7, 11) is 0. The number of ether oxygens (including phenoxy) is 1. The fourth-order valence-electron chi connectivity index (χ4n) is 4.36. The van der Waals surface area contributed by atoms with Crippen LogP contribution >= 0.6 is 11.8 Å². The number of Topliss-reactive ketones (excluding diaryl/α,β-unsaturated/α-hetero) is 1. The van der Waals surface area contributed by atoms with Gasteiger partial charge < -0.3 is 15.4 Å². The van der Waals surface area contributed by atoms with Crippen molar-refractivity contribution in [1.82, 2.24) is 15.6 Å². The van der Waals surface area contributed by atoms with Crippen LogP contribution < -0.4 is 10.6 Å². The molecular weight excluding hydrogens is 534 g/mol. The van der Waals surface area contributed by atoms with Crippen molar-refractivity contribution in [1.29, 1.82) is 0 Å². The molecule has 7 nitrogen and oxygen atoms in total. The smallest absolute Gasteiger partial charge is 0.408 e. The number of hydrogen-bond acceptors (Lipinski definition) is 6. The molecule has 0 aliphatic heterocycles. The van der Waals surface area contributed by atoms with Gasteiger partial charge in [0, 0.05) is 18.0 Å². The van der Waals surface area contributed by atoms with Crippen LogP contribution in [0.4, 0.5) is 4.79 Å². The summed E-state index contributed by atoms with van der Waals surface area (Å²) < 4.78 is 5.32. The van der Waals surface area contributed by atoms with Crippen molar-refractivity contribution in [2.45, 2.75) is 64.6 Å². The summed E-state index contributed by atoms with van der Waals surface area (Å²) in [6.07, 6.45) is 6.09. The van der Waals surface area contributed by atoms with E-state index in [2.05, 4.69) is 27.8 Å². The van der Waals surface area contributed by atoms with Gasteiger partial charge in [0.1, 0.15) is 12.6 Å². The molecule has 0 saturated heterocycles. The number of hydrogen-bond donors (Lipinski definition) is 2. The van der Waals surface area contributed by atoms with Crippen LogP contribution in [0.5, 0.6) is 0 Å². The van der Waals surface area contributed by atoms with Gasteiger partial charge in [-0.2, -0.15) is 11.8 Å². The minimum absolute atomic E-state index is 0.0126. The van der Waals surface area contributed by atoms with Gasteiger partial charge in [0.05, 0.1) is 11.8 Å². The van der Waals surface area contributed by atoms with Crippen molar-refractivity contribution in [2.24, 2.45) is 5.92 Å². The third kappa shape index (κ3) is 12.6. The number of alkyl carbamates (subject to hydrolysis) is 1. The van der Waals surface area contributed by atoms with Gasteiger partial charge in [-0.05, 0) is 61.0 Å². The van der Waals surface area contributed by atoms with Crippen LogP contribution in [0.3, 0.4) is 0 Å². The Morgan fingerprint density at radius 1 is 0.829 bits per heavy atom. The molecule has 0 spiro atoms. The van der Waals surface area contributed by atoms with Crippen LogP contribution in [-0.2, 0) is 33.8 Å². The second kappa shape index (κ2) is 17.9. The molecule has 2 N–H and O–H groups in total. The van der Waals surface area contributed by atoms with Gasteiger partial charge in [-0.15, -0.1) is 0 Å². The van der Waals surface area contributed by atoms with Crippen molar-refractivity contribution < 1.29 is 19.1 Å². The van der Waals surface area contributed by atoms with Crippen molar-refractivity contribution >= 4 is 29.5 Å². The predicted molar refractivity (Wildman–Crippen MR) is 165 cm³/mol. The Balaban J connectivity index is 1.57. The van der Waals surface area contributed by atoms with Crippen molar-refractivity contribution in [2.75, 3.05) is 11.5 Å². The third-order valence-electron chi connectivity index (χ3n) is 6.52. The van der Waals surface area contributed by atoms with Crippen molar-refractivity contribution in [3.63, 3.8) is 0 Å². The van der Waals surface area contributed by atoms with Crippen LogP contribution in [0.25, 0.3) is 0 Å². The number of thioether (sulfide) groups is 1. The normalized spacial score (nSPS) is 12.4. The lowest BCUT2D eigenvalue weighted by molar-refractivity contribution is -0.128. The molecule has 0 bridgehead atoms. The Kier molecular flexibility index (Phi) is 13.9. The van der Waals surface area contributed by atoms with Gasteiger partial charge >= 0.3 is 6.09 Å². The highest BCUT2D eigenvalue weighted by Gasteiger charge is 2.27. The summed E-state index contributed by atoms with van der Waals surface area (Å²) in [5.41, 5.74) is 3.14. The number of carbonyl (C=O) groups is 3. The zero-order chi connectivity index (χ0) is 29.3. The highest BCUT2D eigenvalue weighted by molar-refractivity contribution is 7.99. The molecule has 0 aliphatic rings. The van der Waals surface area contributed by atoms with E-state index in [1.54, 1.807) is 36.3 Å². The summed E-state index contributed by atoms with van der Waals surface area (Å²) in [4.78, 5) is 43.3. The van der Waals surface area contributed by atoms with Crippen molar-refractivity contribution in [3.8, 4) is 0 Å². The van der Waals surface area contributed by atoms with E-state index < -0.39 is 18.2 Å². The molecule has 2 atom stereocenters. The number of ketones is 1. The molecule has 0 fully saturated rings. The van der Waals surface area contributed by atoms with E-state index in [1.807, 2.05) is 62.4 Å². The maximum absolute atomic E-state index is 13.4. The largest absolute Gasteiger partial charge is 0.445 e. The molecule has 0 radical (unpaired) electrons. The first-order chi connectivity index (χ1) is 19.9. The van der Waals surface area contributed by atoms with Gasteiger partial charge in [-0.1, -0.05) is 80.6 Å². The predicted octanol–water partition coefficient (Wildman–Crippen LogP) is 5.78. The summed E-state index contributed by atoms with van der Waals surface area (Å²) >= 11 is 1.60. The van der Waals surface area contributed by atoms with Gasteiger partial charge in [0.25, 0.3) is 0 Å². The average Bonchev–Trinajstić information content (AvgIpc) is 2.99. The topological polar surface area (TPSA) is 97.4 Å². The number of pyridine rings is 1. The Morgan fingerprint density at radius 3 is 2.12 bits per heavy atom. The lowest BCUT2D eigenvalue weighted by atomic mass is 10.00. The Labute approximate surface area is 247 Å². The Bertz CT molecular complexity index is 1190. The first-order valence-corrected chi connectivity index (χ1v) is 15.4. The lowest BCUT2D eigenvalue weighted by Gasteiger charge is -2.24. The fourth-order valence-corrected chi connectivity index (χ4v) is 5.25. The molecule has 0 saturated carbocycles. The van der Waals surface area contributed by atoms with Gasteiger partial charge in [-0.25, -0.2) is 4.79 Å². The number of aryl methyl sites for hydroxylation is 2. The first-order valence-electron chi connectivity index (χ1n) is 14.2. The van der Waals surface area contributed by atoms with Crippen molar-refractivity contribution in [3.05, 3.63) is 102 Å². The third-order valence-corrected chi connectivity index (χ3v) is 7.59. The van der Waals surface area contributed by atoms with Gasteiger partial charge in [0.2, 0.25) is 5.91 Å². The molecule has 1 heterocycles. The lowest BCUT2D eigenvalue weighted by Crippen LogP contribution is -2.52. The summed E-state index contributed by atoms with van der Waals surface area (Å²) in [5.74, 6) is 0.937. The van der Waals surface area contributed by atoms with E-state index in [0.717, 1.165) is 29.7 Å². The van der Waals surface area contributed by atoms with E-state index in [9.17, 15) is 14.4 Å². The highest BCUT2D eigenvalue weighted by Crippen LogP contribution is 2.13. The molecule has 2 aromatic carbocycles. The minimum atomic E-state index is -0.818. The SMILES string of the molecule is CC(C)C[C@H](NC(=O)OCc1cccnc1)C(=O)N[C@@H](CCc1ccccc1)C(=O)CSCCCc1ccccc1. The maximum atomic E-state index is 13.4. The number of carbonyl (C=O) groups excluding carboxylic acids is 3. The van der Waals surface area contributed by atoms with Crippen LogP contribution in [0.2, 0.25) is 0 Å². The molecule has 1 aromatic heterocycles. The Hall–Kier alpha value is -3.65. The van der Waals surface area contributed by atoms with Gasteiger partial charge in [0.15, 0.2) is 5.78 Å². The summed E-state index contributed by atoms with van der Waals surface area (Å²) in [5, 5.41) is 5.66. The number of aromatic nitrogens is 1. The highest BCUT2D eigenvalue weighted by atomic mass is 32.2. The molecule has 3 rings (SSSR count). The van der Waals surface area contributed by atoms with Gasteiger partial charge in [-0.3, -0.25) is 14.6 Å². The molecular formula is C33H41N3O4S. The first kappa shape index (κ1) is 31.9. The number of nitrogens with zero attached hydrogens (tertiary/aromatic N) is 1. The zero-order valence-corrected chi connectivity index (χ0v) is 24.8. The van der Waals surface area contributed by atoms with E-state index in [0.29, 0.717) is 25.0 Å². The fraction of sp³-hybridized carbons (Fsp3) is 0.394. The Morgan fingerprint density at radius 2 is 1.49 bits per heavy atom. The summed E-state index contributed by atoms with van der Waals surface area (Å²) in [6.45, 7) is 4.01. The van der Waals surface area contributed by atoms with E-state index in [1.165, 1.54) is 5.56 Å². The number of benzene rings is 2. The number of rotatable bonds is 17. The second-order valence-electron chi connectivity index (χ2n) is 10.5. The second-order valence-corrected chi connectivity index (χ2v) is 11.6. The monoisotopic (exact) mass is 575 g/mol. The molecule has 41 heavy (non-hydrogen) atoms. The number of nitrogens with one attached hydrogen (secondary N) is 2. The summed E-state index contributed by atoms with van der Waals surface area (Å²) in [6, 6.07) is 22.3. The quantitative estimate of drug-likeness (QED) is 0.198. The van der Waals surface area contributed by atoms with Crippen LogP contribution in [0.15, 0.2) is 85.2 Å². The number of amides is 2. The molecule has 3 aromatic rings. The van der Waals surface area contributed by atoms with Crippen LogP contribution in [0.1, 0.15) is 49.8 Å². The van der Waals surface area contributed by atoms with E-state index in [-0.39, 0.29) is 24.2 Å². The zero-order valence-electron chi connectivity index (χ0n) is 24.0. The molecule has 0 aliphatic carbocycles. The van der Waals surface area contributed by atoms with Crippen LogP contribution in [-0.4, -0.2) is 46.4 Å². The maximum Gasteiger partial charge on any atom is 0.408 e. The molecule has 218 valence electrons. The standard InChI is InChI=1S/C33H41N3O4S/c1-25(2)21-30(36-33(39)40-23-28-15-9-19-34-22-28)32(38)35-29(18-17-27-13-7-4-8-14-27)31(37)24-41-20-10-16-26-11-5-3-6-12-26/h3-9,11-15,19,22,25,29-30H,10,16-18,20-21,23-24H2,1-2H3,(H,35,38)(H,36,39)/t29-,30-/m0/s1. The van der Waals surface area contributed by atoms with E-state index >= 15 is 0 Å². The molecule has 8 heteroatoms. The van der Waals surface area contributed by atoms with E-state index in [4.69, 9.17) is 4.74 Å². The van der Waals surface area contributed by atoms with Crippen LogP contribution in [0, 0.1) is 5.92 Å².